The second-order valence-corrected chi connectivity index (χ2v) is 7.42. The number of hydrogen-bond acceptors (Lipinski definition) is 3. The van der Waals surface area contributed by atoms with E-state index in [-0.39, 0.29) is 0 Å². The molecule has 23 heavy (non-hydrogen) atoms. The Hall–Kier alpha value is -0.900. The van der Waals surface area contributed by atoms with E-state index in [1.807, 2.05) is 0 Å². The predicted molar refractivity (Wildman–Crippen MR) is 95.3 cm³/mol. The molecule has 0 radical (unpaired) electrons. The average Bonchev–Trinajstić information content (AvgIpc) is 3.14. The maximum absolute atomic E-state index is 9.16. The molecule has 1 aliphatic carbocycles. The topological polar surface area (TPSA) is 35.5 Å². The van der Waals surface area contributed by atoms with Gasteiger partial charge in [-0.2, -0.15) is 0 Å². The lowest BCUT2D eigenvalue weighted by atomic mass is 9.89. The van der Waals surface area contributed by atoms with Crippen molar-refractivity contribution in [3.05, 3.63) is 35.9 Å². The molecule has 1 aromatic carbocycles. The number of nitrogens with zero attached hydrogens (tertiary/aromatic N) is 1. The summed E-state index contributed by atoms with van der Waals surface area (Å²) in [6, 6.07) is 12.1. The zero-order valence-corrected chi connectivity index (χ0v) is 14.3. The van der Waals surface area contributed by atoms with Crippen LogP contribution in [-0.4, -0.2) is 41.8 Å². The van der Waals surface area contributed by atoms with Crippen molar-refractivity contribution in [2.45, 2.75) is 63.6 Å². The molecule has 3 rings (SSSR count). The van der Waals surface area contributed by atoms with Crippen molar-refractivity contribution in [3.63, 3.8) is 0 Å². The lowest BCUT2D eigenvalue weighted by molar-refractivity contribution is 0.0912. The van der Waals surface area contributed by atoms with E-state index in [0.717, 1.165) is 24.9 Å². The summed E-state index contributed by atoms with van der Waals surface area (Å²) >= 11 is 0. The number of benzene rings is 1. The standard InChI is InChI=1S/C20H32N2O/c23-12-6-9-18-13-19(21-14-17-7-2-1-3-8-17)16-22(15-18)20-10-4-5-11-20/h1-3,7-8,18-21,23H,4-6,9-16H2. The van der Waals surface area contributed by atoms with Crippen LogP contribution in [0.4, 0.5) is 0 Å². The monoisotopic (exact) mass is 316 g/mol. The first-order valence-electron chi connectivity index (χ1n) is 9.47. The first-order valence-corrected chi connectivity index (χ1v) is 9.47. The quantitative estimate of drug-likeness (QED) is 0.811. The van der Waals surface area contributed by atoms with Crippen LogP contribution in [0.15, 0.2) is 30.3 Å². The van der Waals surface area contributed by atoms with Crippen molar-refractivity contribution in [3.8, 4) is 0 Å². The fourth-order valence-corrected chi connectivity index (χ4v) is 4.40. The molecule has 2 unspecified atom stereocenters. The van der Waals surface area contributed by atoms with Crippen LogP contribution < -0.4 is 5.32 Å². The van der Waals surface area contributed by atoms with Gasteiger partial charge in [-0.25, -0.2) is 0 Å². The summed E-state index contributed by atoms with van der Waals surface area (Å²) in [6.45, 7) is 3.75. The number of likely N-dealkylation sites (tertiary alicyclic amines) is 1. The highest BCUT2D eigenvalue weighted by Gasteiger charge is 2.32. The van der Waals surface area contributed by atoms with Gasteiger partial charge in [0.1, 0.15) is 0 Å². The van der Waals surface area contributed by atoms with Crippen LogP contribution in [0.25, 0.3) is 0 Å². The number of aliphatic hydroxyl groups excluding tert-OH is 1. The SMILES string of the molecule is OCCCC1CC(NCc2ccccc2)CN(C2CCCC2)C1. The Morgan fingerprint density at radius 3 is 2.61 bits per heavy atom. The first kappa shape index (κ1) is 16.9. The predicted octanol–water partition coefficient (Wildman–Crippen LogP) is 3.18. The van der Waals surface area contributed by atoms with E-state index in [4.69, 9.17) is 5.11 Å². The summed E-state index contributed by atoms with van der Waals surface area (Å²) in [6.07, 6.45) is 8.97. The lowest BCUT2D eigenvalue weighted by Gasteiger charge is -2.41. The molecular formula is C20H32N2O. The molecule has 0 aromatic heterocycles. The van der Waals surface area contributed by atoms with Gasteiger partial charge in [0.2, 0.25) is 0 Å². The van der Waals surface area contributed by atoms with Crippen LogP contribution in [-0.2, 0) is 6.54 Å². The van der Waals surface area contributed by atoms with Crippen molar-refractivity contribution in [2.24, 2.45) is 5.92 Å². The maximum Gasteiger partial charge on any atom is 0.0431 e. The van der Waals surface area contributed by atoms with Crippen LogP contribution in [0, 0.1) is 5.92 Å². The Balaban J connectivity index is 1.56. The van der Waals surface area contributed by atoms with Gasteiger partial charge in [-0.3, -0.25) is 4.90 Å². The molecule has 0 spiro atoms. The number of nitrogens with one attached hydrogen (secondary N) is 1. The Kier molecular flexibility index (Phi) is 6.49. The van der Waals surface area contributed by atoms with Crippen LogP contribution in [0.1, 0.15) is 50.5 Å². The number of rotatable bonds is 7. The van der Waals surface area contributed by atoms with Crippen molar-refractivity contribution in [1.29, 1.82) is 0 Å². The van der Waals surface area contributed by atoms with Gasteiger partial charge in [0.05, 0.1) is 0 Å². The van der Waals surface area contributed by atoms with Crippen LogP contribution >= 0.6 is 0 Å². The van der Waals surface area contributed by atoms with E-state index >= 15 is 0 Å². The minimum atomic E-state index is 0.335. The minimum Gasteiger partial charge on any atom is -0.396 e. The van der Waals surface area contributed by atoms with Gasteiger partial charge in [0.15, 0.2) is 0 Å². The molecule has 1 saturated heterocycles. The average molecular weight is 316 g/mol. The Bertz CT molecular complexity index is 444. The molecule has 128 valence electrons. The second-order valence-electron chi connectivity index (χ2n) is 7.42. The van der Waals surface area contributed by atoms with E-state index in [1.54, 1.807) is 0 Å². The van der Waals surface area contributed by atoms with E-state index in [9.17, 15) is 0 Å². The maximum atomic E-state index is 9.16. The number of hydrogen-bond donors (Lipinski definition) is 2. The summed E-state index contributed by atoms with van der Waals surface area (Å²) in [7, 11) is 0. The van der Waals surface area contributed by atoms with E-state index < -0.39 is 0 Å². The van der Waals surface area contributed by atoms with Crippen LogP contribution in [0.5, 0.6) is 0 Å². The third kappa shape index (κ3) is 5.03. The van der Waals surface area contributed by atoms with Crippen LogP contribution in [0.2, 0.25) is 0 Å². The van der Waals surface area contributed by atoms with Crippen molar-refractivity contribution in [2.75, 3.05) is 19.7 Å². The van der Waals surface area contributed by atoms with Gasteiger partial charge < -0.3 is 10.4 Å². The normalized spacial score (nSPS) is 26.7. The molecule has 3 nitrogen and oxygen atoms in total. The largest absolute Gasteiger partial charge is 0.396 e. The van der Waals surface area contributed by atoms with Gasteiger partial charge in [-0.05, 0) is 43.6 Å². The van der Waals surface area contributed by atoms with Crippen LogP contribution in [0.3, 0.4) is 0 Å². The summed E-state index contributed by atoms with van der Waals surface area (Å²) in [5.74, 6) is 0.741. The fraction of sp³-hybridized carbons (Fsp3) is 0.700. The summed E-state index contributed by atoms with van der Waals surface area (Å²) in [5.41, 5.74) is 1.37. The molecule has 3 heteroatoms. The highest BCUT2D eigenvalue weighted by Crippen LogP contribution is 2.29. The van der Waals surface area contributed by atoms with Crippen molar-refractivity contribution in [1.82, 2.24) is 10.2 Å². The fourth-order valence-electron chi connectivity index (χ4n) is 4.40. The highest BCUT2D eigenvalue weighted by atomic mass is 16.2. The van der Waals surface area contributed by atoms with Crippen molar-refractivity contribution >= 4 is 0 Å². The molecule has 0 bridgehead atoms. The van der Waals surface area contributed by atoms with Gasteiger partial charge in [0.25, 0.3) is 0 Å². The molecule has 2 fully saturated rings. The summed E-state index contributed by atoms with van der Waals surface area (Å²) in [5, 5.41) is 13.0. The second kappa shape index (κ2) is 8.81. The molecule has 2 N–H and O–H groups in total. The Labute approximate surface area is 141 Å². The third-order valence-electron chi connectivity index (χ3n) is 5.61. The zero-order valence-electron chi connectivity index (χ0n) is 14.3. The summed E-state index contributed by atoms with van der Waals surface area (Å²) in [4.78, 5) is 2.75. The van der Waals surface area contributed by atoms with E-state index in [0.29, 0.717) is 12.6 Å². The molecule has 1 aliphatic heterocycles. The molecule has 2 aliphatic rings. The number of aliphatic hydroxyl groups is 1. The molecule has 2 atom stereocenters. The molecule has 1 heterocycles. The molecule has 0 amide bonds. The van der Waals surface area contributed by atoms with Gasteiger partial charge in [-0.15, -0.1) is 0 Å². The van der Waals surface area contributed by atoms with Gasteiger partial charge in [-0.1, -0.05) is 43.2 Å². The first-order chi connectivity index (χ1) is 11.3. The van der Waals surface area contributed by atoms with E-state index in [2.05, 4.69) is 40.5 Å². The van der Waals surface area contributed by atoms with Gasteiger partial charge >= 0.3 is 0 Å². The molecule has 1 aromatic rings. The Morgan fingerprint density at radius 2 is 1.87 bits per heavy atom. The molecule has 1 saturated carbocycles. The van der Waals surface area contributed by atoms with Gasteiger partial charge in [0, 0.05) is 38.3 Å². The zero-order chi connectivity index (χ0) is 15.9. The van der Waals surface area contributed by atoms with E-state index in [1.165, 1.54) is 57.2 Å². The Morgan fingerprint density at radius 1 is 1.09 bits per heavy atom. The number of piperidine rings is 1. The smallest absolute Gasteiger partial charge is 0.0431 e. The molecular weight excluding hydrogens is 284 g/mol. The third-order valence-corrected chi connectivity index (χ3v) is 5.61. The highest BCUT2D eigenvalue weighted by molar-refractivity contribution is 5.14. The minimum absolute atomic E-state index is 0.335. The summed E-state index contributed by atoms with van der Waals surface area (Å²) < 4.78 is 0. The lowest BCUT2D eigenvalue weighted by Crippen LogP contribution is -2.52. The van der Waals surface area contributed by atoms with Crippen molar-refractivity contribution < 1.29 is 5.11 Å².